The summed E-state index contributed by atoms with van der Waals surface area (Å²) >= 11 is 0. The molecule has 1 saturated heterocycles. The smallest absolute Gasteiger partial charge is 0.194 e. The van der Waals surface area contributed by atoms with Gasteiger partial charge in [0, 0.05) is 36.7 Å². The Labute approximate surface area is 151 Å². The number of nitrogens with zero attached hydrogens (tertiary/aromatic N) is 2. The van der Waals surface area contributed by atoms with E-state index in [1.807, 2.05) is 19.2 Å². The van der Waals surface area contributed by atoms with Gasteiger partial charge in [0.05, 0.1) is 33.4 Å². The van der Waals surface area contributed by atoms with E-state index in [2.05, 4.69) is 42.9 Å². The van der Waals surface area contributed by atoms with Crippen molar-refractivity contribution in [2.45, 2.75) is 39.8 Å². The molecule has 0 radical (unpaired) electrons. The molecule has 1 N–H and O–H groups in total. The van der Waals surface area contributed by atoms with Gasteiger partial charge in [-0.15, -0.1) is 0 Å². The largest absolute Gasteiger partial charge is 0.496 e. The summed E-state index contributed by atoms with van der Waals surface area (Å²) in [6.45, 7) is 10.6. The van der Waals surface area contributed by atoms with E-state index in [9.17, 15) is 0 Å². The maximum atomic E-state index is 5.52. The molecule has 0 aromatic heterocycles. The molecule has 0 saturated carbocycles. The first-order valence-electron chi connectivity index (χ1n) is 8.49. The maximum absolute atomic E-state index is 5.52. The maximum Gasteiger partial charge on any atom is 0.194 e. The second-order valence-corrected chi connectivity index (χ2v) is 7.44. The lowest BCUT2D eigenvalue weighted by Gasteiger charge is -2.62. The number of hydrogen-bond acceptors (Lipinski definition) is 4. The van der Waals surface area contributed by atoms with Crippen LogP contribution >= 0.6 is 0 Å². The third-order valence-corrected chi connectivity index (χ3v) is 5.59. The van der Waals surface area contributed by atoms with Crippen LogP contribution in [0.3, 0.4) is 0 Å². The molecule has 0 bridgehead atoms. The highest BCUT2D eigenvalue weighted by molar-refractivity contribution is 5.82. The molecule has 6 heteroatoms. The van der Waals surface area contributed by atoms with Crippen molar-refractivity contribution in [3.63, 3.8) is 0 Å². The van der Waals surface area contributed by atoms with Crippen LogP contribution in [0.25, 0.3) is 0 Å². The predicted molar refractivity (Wildman–Crippen MR) is 101 cm³/mol. The molecular formula is C19H31N3O3. The van der Waals surface area contributed by atoms with Crippen LogP contribution in [0.5, 0.6) is 17.2 Å². The summed E-state index contributed by atoms with van der Waals surface area (Å²) in [6.07, 6.45) is 0. The molecule has 1 aliphatic rings. The SMILES string of the molecule is CN=C(NCc1c(OC)cc(OC)cc1OC)N1CC(C)(C)C1(C)C. The molecule has 0 unspecified atom stereocenters. The van der Waals surface area contributed by atoms with Crippen molar-refractivity contribution < 1.29 is 14.2 Å². The van der Waals surface area contributed by atoms with Crippen molar-refractivity contribution in [2.75, 3.05) is 34.9 Å². The van der Waals surface area contributed by atoms with E-state index in [-0.39, 0.29) is 11.0 Å². The molecule has 1 heterocycles. The van der Waals surface area contributed by atoms with Crippen molar-refractivity contribution in [2.24, 2.45) is 10.4 Å². The Bertz CT molecular complexity index is 628. The predicted octanol–water partition coefficient (Wildman–Crippen LogP) is 2.91. The van der Waals surface area contributed by atoms with Gasteiger partial charge < -0.3 is 24.4 Å². The summed E-state index contributed by atoms with van der Waals surface area (Å²) in [5.41, 5.74) is 1.23. The minimum atomic E-state index is 0.0446. The minimum Gasteiger partial charge on any atom is -0.496 e. The zero-order chi connectivity index (χ0) is 18.8. The number of hydrogen-bond donors (Lipinski definition) is 1. The van der Waals surface area contributed by atoms with Gasteiger partial charge in [-0.1, -0.05) is 13.8 Å². The molecule has 140 valence electrons. The van der Waals surface area contributed by atoms with E-state index in [0.717, 1.165) is 29.6 Å². The van der Waals surface area contributed by atoms with Gasteiger partial charge in [0.25, 0.3) is 0 Å². The second-order valence-electron chi connectivity index (χ2n) is 7.44. The number of likely N-dealkylation sites (tertiary alicyclic amines) is 1. The number of benzene rings is 1. The van der Waals surface area contributed by atoms with Crippen LogP contribution in [0, 0.1) is 5.41 Å². The summed E-state index contributed by atoms with van der Waals surface area (Å²) in [5.74, 6) is 3.03. The Morgan fingerprint density at radius 2 is 1.64 bits per heavy atom. The minimum absolute atomic E-state index is 0.0446. The molecule has 1 aliphatic heterocycles. The van der Waals surface area contributed by atoms with Crippen molar-refractivity contribution >= 4 is 5.96 Å². The van der Waals surface area contributed by atoms with Gasteiger partial charge in [0.1, 0.15) is 17.2 Å². The van der Waals surface area contributed by atoms with Crippen molar-refractivity contribution in [3.05, 3.63) is 17.7 Å². The van der Waals surface area contributed by atoms with E-state index in [4.69, 9.17) is 14.2 Å². The number of methoxy groups -OCH3 is 3. The molecule has 0 amide bonds. The fourth-order valence-corrected chi connectivity index (χ4v) is 3.11. The Kier molecular flexibility index (Phi) is 5.40. The van der Waals surface area contributed by atoms with Gasteiger partial charge in [-0.25, -0.2) is 0 Å². The Balaban J connectivity index is 2.20. The zero-order valence-electron chi connectivity index (χ0n) is 16.7. The third kappa shape index (κ3) is 3.34. The average molecular weight is 349 g/mol. The van der Waals surface area contributed by atoms with E-state index in [0.29, 0.717) is 12.3 Å². The van der Waals surface area contributed by atoms with Crippen LogP contribution in [0.15, 0.2) is 17.1 Å². The highest BCUT2D eigenvalue weighted by Crippen LogP contribution is 2.46. The van der Waals surface area contributed by atoms with Crippen LogP contribution in [0.2, 0.25) is 0 Å². The second kappa shape index (κ2) is 7.02. The number of aliphatic imine (C=N–C) groups is 1. The van der Waals surface area contributed by atoms with Gasteiger partial charge in [0.2, 0.25) is 0 Å². The lowest BCUT2D eigenvalue weighted by Crippen LogP contribution is -2.72. The molecule has 0 aliphatic carbocycles. The van der Waals surface area contributed by atoms with Gasteiger partial charge >= 0.3 is 0 Å². The first-order chi connectivity index (χ1) is 11.7. The normalized spacial score (nSPS) is 18.4. The Morgan fingerprint density at radius 3 is 2.00 bits per heavy atom. The molecule has 1 fully saturated rings. The van der Waals surface area contributed by atoms with E-state index >= 15 is 0 Å². The Morgan fingerprint density at radius 1 is 1.08 bits per heavy atom. The lowest BCUT2D eigenvalue weighted by molar-refractivity contribution is -0.0668. The zero-order valence-corrected chi connectivity index (χ0v) is 16.7. The number of nitrogens with one attached hydrogen (secondary N) is 1. The lowest BCUT2D eigenvalue weighted by atomic mass is 9.65. The van der Waals surface area contributed by atoms with Crippen molar-refractivity contribution in [3.8, 4) is 17.2 Å². The van der Waals surface area contributed by atoms with Gasteiger partial charge in [0.15, 0.2) is 5.96 Å². The third-order valence-electron chi connectivity index (χ3n) is 5.59. The number of ether oxygens (including phenoxy) is 3. The van der Waals surface area contributed by atoms with Crippen LogP contribution in [0.1, 0.15) is 33.3 Å². The van der Waals surface area contributed by atoms with Gasteiger partial charge in [-0.2, -0.15) is 0 Å². The topological polar surface area (TPSA) is 55.3 Å². The van der Waals surface area contributed by atoms with Crippen molar-refractivity contribution in [1.82, 2.24) is 10.2 Å². The quantitative estimate of drug-likeness (QED) is 0.654. The molecule has 0 atom stereocenters. The summed E-state index contributed by atoms with van der Waals surface area (Å²) in [5, 5.41) is 3.44. The first-order valence-corrected chi connectivity index (χ1v) is 8.49. The summed E-state index contributed by atoms with van der Waals surface area (Å²) in [7, 11) is 6.73. The first kappa shape index (κ1) is 19.2. The van der Waals surface area contributed by atoms with Crippen LogP contribution in [-0.4, -0.2) is 51.3 Å². The van der Waals surface area contributed by atoms with Crippen LogP contribution < -0.4 is 19.5 Å². The highest BCUT2D eigenvalue weighted by Gasteiger charge is 2.53. The number of rotatable bonds is 5. The average Bonchev–Trinajstić information content (AvgIpc) is 2.60. The van der Waals surface area contributed by atoms with Crippen molar-refractivity contribution in [1.29, 1.82) is 0 Å². The number of guanidine groups is 1. The van der Waals surface area contributed by atoms with E-state index < -0.39 is 0 Å². The molecule has 1 aromatic rings. The summed E-state index contributed by atoms with van der Waals surface area (Å²) in [6, 6.07) is 3.72. The van der Waals surface area contributed by atoms with Gasteiger partial charge in [-0.05, 0) is 13.8 Å². The standard InChI is InChI=1S/C19H31N3O3/c1-18(2)12-22(19(18,3)4)17(20-5)21-11-14-15(24-7)9-13(23-6)10-16(14)25-8/h9-10H,11-12H2,1-8H3,(H,20,21). The molecular weight excluding hydrogens is 318 g/mol. The summed E-state index contributed by atoms with van der Waals surface area (Å²) in [4.78, 5) is 6.76. The molecule has 25 heavy (non-hydrogen) atoms. The van der Waals surface area contributed by atoms with E-state index in [1.165, 1.54) is 0 Å². The molecule has 6 nitrogen and oxygen atoms in total. The van der Waals surface area contributed by atoms with Gasteiger partial charge in [-0.3, -0.25) is 4.99 Å². The monoisotopic (exact) mass is 349 g/mol. The molecule has 2 rings (SSSR count). The fourth-order valence-electron chi connectivity index (χ4n) is 3.11. The fraction of sp³-hybridized carbons (Fsp3) is 0.632. The molecule has 0 spiro atoms. The summed E-state index contributed by atoms with van der Waals surface area (Å²) < 4.78 is 16.3. The Hall–Kier alpha value is -2.11. The van der Waals surface area contributed by atoms with Crippen LogP contribution in [-0.2, 0) is 6.54 Å². The van der Waals surface area contributed by atoms with Crippen LogP contribution in [0.4, 0.5) is 0 Å². The van der Waals surface area contributed by atoms with E-state index in [1.54, 1.807) is 21.3 Å². The molecule has 1 aromatic carbocycles. The highest BCUT2D eigenvalue weighted by atomic mass is 16.5.